The average Bonchev–Trinajstić information content (AvgIpc) is 2.96. The van der Waals surface area contributed by atoms with E-state index >= 15 is 0 Å². The SMILES string of the molecule is CCOC(=O)CCCc1oc(=O)[nH]c1-c1ccc(Cl)s1. The van der Waals surface area contributed by atoms with Gasteiger partial charge in [0.2, 0.25) is 0 Å². The van der Waals surface area contributed by atoms with Crippen LogP contribution in [0.4, 0.5) is 0 Å². The summed E-state index contributed by atoms with van der Waals surface area (Å²) in [5, 5.41) is 0. The summed E-state index contributed by atoms with van der Waals surface area (Å²) in [5.74, 6) is -0.209. The van der Waals surface area contributed by atoms with Gasteiger partial charge in [-0.05, 0) is 25.5 Å². The second kappa shape index (κ2) is 6.76. The fourth-order valence-electron chi connectivity index (χ4n) is 1.81. The first-order chi connectivity index (χ1) is 9.60. The van der Waals surface area contributed by atoms with Gasteiger partial charge < -0.3 is 9.15 Å². The summed E-state index contributed by atoms with van der Waals surface area (Å²) >= 11 is 7.24. The number of H-pyrrole nitrogens is 1. The largest absolute Gasteiger partial charge is 0.466 e. The van der Waals surface area contributed by atoms with Crippen molar-refractivity contribution in [2.24, 2.45) is 0 Å². The van der Waals surface area contributed by atoms with Crippen LogP contribution in [0.15, 0.2) is 21.3 Å². The monoisotopic (exact) mass is 315 g/mol. The summed E-state index contributed by atoms with van der Waals surface area (Å²) in [7, 11) is 0. The predicted octanol–water partition coefficient (Wildman–Crippen LogP) is 3.24. The van der Waals surface area contributed by atoms with E-state index in [9.17, 15) is 9.59 Å². The molecule has 0 spiro atoms. The van der Waals surface area contributed by atoms with Crippen LogP contribution in [0.5, 0.6) is 0 Å². The van der Waals surface area contributed by atoms with Gasteiger partial charge in [0.1, 0.15) is 11.5 Å². The lowest BCUT2D eigenvalue weighted by atomic mass is 10.1. The lowest BCUT2D eigenvalue weighted by Crippen LogP contribution is -2.04. The number of aromatic amines is 1. The fourth-order valence-corrected chi connectivity index (χ4v) is 2.87. The summed E-state index contributed by atoms with van der Waals surface area (Å²) in [4.78, 5) is 26.1. The summed E-state index contributed by atoms with van der Waals surface area (Å²) in [6.07, 6.45) is 1.35. The van der Waals surface area contributed by atoms with Crippen LogP contribution in [0, 0.1) is 0 Å². The molecule has 7 heteroatoms. The highest BCUT2D eigenvalue weighted by atomic mass is 35.5. The Morgan fingerprint density at radius 2 is 2.30 bits per heavy atom. The van der Waals surface area contributed by atoms with E-state index in [1.807, 2.05) is 6.07 Å². The molecule has 108 valence electrons. The van der Waals surface area contributed by atoms with E-state index in [0.717, 1.165) is 4.88 Å². The minimum atomic E-state index is -0.504. The Morgan fingerprint density at radius 3 is 2.95 bits per heavy atom. The summed E-state index contributed by atoms with van der Waals surface area (Å²) < 4.78 is 10.6. The zero-order chi connectivity index (χ0) is 14.5. The average molecular weight is 316 g/mol. The number of ether oxygens (including phenoxy) is 1. The molecule has 2 aromatic rings. The molecule has 2 heterocycles. The first kappa shape index (κ1) is 14.9. The number of carbonyl (C=O) groups excluding carboxylic acids is 1. The normalized spacial score (nSPS) is 10.7. The van der Waals surface area contributed by atoms with Crippen LogP contribution in [-0.2, 0) is 16.0 Å². The van der Waals surface area contributed by atoms with Crippen molar-refractivity contribution in [1.82, 2.24) is 4.98 Å². The van der Waals surface area contributed by atoms with E-state index in [-0.39, 0.29) is 5.97 Å². The fraction of sp³-hybridized carbons (Fsp3) is 0.385. The zero-order valence-electron chi connectivity index (χ0n) is 10.9. The van der Waals surface area contributed by atoms with Gasteiger partial charge in [0.05, 0.1) is 15.8 Å². The van der Waals surface area contributed by atoms with Gasteiger partial charge in [-0.2, -0.15) is 0 Å². The summed E-state index contributed by atoms with van der Waals surface area (Å²) in [6, 6.07) is 3.58. The third-order valence-corrected chi connectivity index (χ3v) is 3.88. The number of esters is 1. The Morgan fingerprint density at radius 1 is 1.50 bits per heavy atom. The Hall–Kier alpha value is -1.53. The van der Waals surface area contributed by atoms with Gasteiger partial charge in [0, 0.05) is 12.8 Å². The van der Waals surface area contributed by atoms with Crippen LogP contribution in [0.25, 0.3) is 10.6 Å². The van der Waals surface area contributed by atoms with E-state index in [1.165, 1.54) is 11.3 Å². The number of nitrogens with one attached hydrogen (secondary N) is 1. The lowest BCUT2D eigenvalue weighted by Gasteiger charge is -2.01. The molecule has 2 aromatic heterocycles. The number of carbonyl (C=O) groups is 1. The maximum atomic E-state index is 11.3. The highest BCUT2D eigenvalue weighted by Gasteiger charge is 2.14. The van der Waals surface area contributed by atoms with Crippen molar-refractivity contribution in [2.75, 3.05) is 6.61 Å². The predicted molar refractivity (Wildman–Crippen MR) is 77.2 cm³/mol. The van der Waals surface area contributed by atoms with Crippen LogP contribution in [0.1, 0.15) is 25.5 Å². The van der Waals surface area contributed by atoms with Gasteiger partial charge in [-0.25, -0.2) is 4.79 Å². The zero-order valence-corrected chi connectivity index (χ0v) is 12.5. The minimum Gasteiger partial charge on any atom is -0.466 e. The number of hydrogen-bond acceptors (Lipinski definition) is 5. The van der Waals surface area contributed by atoms with Crippen molar-refractivity contribution in [3.05, 3.63) is 32.8 Å². The van der Waals surface area contributed by atoms with Crippen molar-refractivity contribution < 1.29 is 13.9 Å². The number of halogens is 1. The number of oxazole rings is 1. The van der Waals surface area contributed by atoms with Gasteiger partial charge in [-0.3, -0.25) is 9.78 Å². The third kappa shape index (κ3) is 3.74. The molecule has 0 aromatic carbocycles. The number of rotatable bonds is 6. The van der Waals surface area contributed by atoms with Gasteiger partial charge in [0.25, 0.3) is 0 Å². The van der Waals surface area contributed by atoms with E-state index in [0.29, 0.717) is 41.7 Å². The molecule has 0 atom stereocenters. The Bertz CT molecular complexity index is 643. The molecule has 0 bridgehead atoms. The molecule has 0 radical (unpaired) electrons. The van der Waals surface area contributed by atoms with Gasteiger partial charge >= 0.3 is 11.7 Å². The van der Waals surface area contributed by atoms with E-state index in [4.69, 9.17) is 20.8 Å². The number of aromatic nitrogens is 1. The summed E-state index contributed by atoms with van der Waals surface area (Å²) in [6.45, 7) is 2.14. The molecule has 0 unspecified atom stereocenters. The standard InChI is InChI=1S/C13H14ClNO4S/c1-2-18-11(16)5-3-4-8-12(15-13(17)19-8)9-6-7-10(14)20-9/h6-7H,2-5H2,1H3,(H,15,17). The van der Waals surface area contributed by atoms with Crippen LogP contribution < -0.4 is 5.76 Å². The molecule has 0 saturated carbocycles. The molecular formula is C13H14ClNO4S. The molecule has 0 aliphatic rings. The van der Waals surface area contributed by atoms with Gasteiger partial charge in [0.15, 0.2) is 0 Å². The number of thiophene rings is 1. The van der Waals surface area contributed by atoms with Crippen molar-refractivity contribution in [2.45, 2.75) is 26.2 Å². The van der Waals surface area contributed by atoms with Crippen molar-refractivity contribution in [1.29, 1.82) is 0 Å². The maximum Gasteiger partial charge on any atom is 0.416 e. The molecule has 0 saturated heterocycles. The Kier molecular flexibility index (Phi) is 5.03. The van der Waals surface area contributed by atoms with Gasteiger partial charge in [-0.1, -0.05) is 11.6 Å². The van der Waals surface area contributed by atoms with Crippen LogP contribution in [0.2, 0.25) is 4.34 Å². The second-order valence-electron chi connectivity index (χ2n) is 4.08. The molecule has 1 N–H and O–H groups in total. The van der Waals surface area contributed by atoms with Crippen LogP contribution >= 0.6 is 22.9 Å². The Balaban J connectivity index is 2.05. The molecule has 20 heavy (non-hydrogen) atoms. The molecule has 5 nitrogen and oxygen atoms in total. The number of aryl methyl sites for hydroxylation is 1. The number of hydrogen-bond donors (Lipinski definition) is 1. The smallest absolute Gasteiger partial charge is 0.416 e. The highest BCUT2D eigenvalue weighted by Crippen LogP contribution is 2.31. The van der Waals surface area contributed by atoms with Crippen molar-refractivity contribution in [3.8, 4) is 10.6 Å². The highest BCUT2D eigenvalue weighted by molar-refractivity contribution is 7.19. The van der Waals surface area contributed by atoms with Crippen LogP contribution in [-0.4, -0.2) is 17.6 Å². The molecule has 0 amide bonds. The lowest BCUT2D eigenvalue weighted by molar-refractivity contribution is -0.143. The van der Waals surface area contributed by atoms with E-state index in [2.05, 4.69) is 4.98 Å². The molecule has 0 aliphatic heterocycles. The van der Waals surface area contributed by atoms with Crippen LogP contribution in [0.3, 0.4) is 0 Å². The van der Waals surface area contributed by atoms with E-state index < -0.39 is 5.76 Å². The van der Waals surface area contributed by atoms with E-state index in [1.54, 1.807) is 13.0 Å². The molecule has 0 fully saturated rings. The molecule has 0 aliphatic carbocycles. The second-order valence-corrected chi connectivity index (χ2v) is 5.79. The summed E-state index contributed by atoms with van der Waals surface area (Å²) in [5.41, 5.74) is 0.635. The van der Waals surface area contributed by atoms with Crippen molar-refractivity contribution >= 4 is 28.9 Å². The Labute approximate surface area is 124 Å². The maximum absolute atomic E-state index is 11.3. The van der Waals surface area contributed by atoms with Gasteiger partial charge in [-0.15, -0.1) is 11.3 Å². The first-order valence-corrected chi connectivity index (χ1v) is 7.43. The quantitative estimate of drug-likeness (QED) is 0.831. The molecular weight excluding hydrogens is 302 g/mol. The first-order valence-electron chi connectivity index (χ1n) is 6.23. The molecule has 2 rings (SSSR count). The minimum absolute atomic E-state index is 0.244. The third-order valence-electron chi connectivity index (χ3n) is 2.63. The van der Waals surface area contributed by atoms with Crippen molar-refractivity contribution in [3.63, 3.8) is 0 Å². The topological polar surface area (TPSA) is 72.3 Å².